The summed E-state index contributed by atoms with van der Waals surface area (Å²) in [6.45, 7) is 5.57. The molecule has 0 aliphatic carbocycles. The molecule has 1 aliphatic heterocycles. The third-order valence-corrected chi connectivity index (χ3v) is 6.65. The number of benzene rings is 2. The minimum absolute atomic E-state index is 0.0782. The summed E-state index contributed by atoms with van der Waals surface area (Å²) in [5.74, 6) is -0.939. The largest absolute Gasteiger partial charge is 0.379 e. The lowest BCUT2D eigenvalue weighted by molar-refractivity contribution is -0.119. The van der Waals surface area contributed by atoms with Gasteiger partial charge < -0.3 is 10.1 Å². The van der Waals surface area contributed by atoms with Crippen molar-refractivity contribution in [2.75, 3.05) is 50.2 Å². The van der Waals surface area contributed by atoms with Gasteiger partial charge in [0.1, 0.15) is 12.4 Å². The van der Waals surface area contributed by atoms with Gasteiger partial charge in [-0.1, -0.05) is 17.7 Å². The first kappa shape index (κ1) is 22.2. The summed E-state index contributed by atoms with van der Waals surface area (Å²) >= 11 is 0. The number of rotatable bonds is 8. The molecule has 0 radical (unpaired) electrons. The van der Waals surface area contributed by atoms with Gasteiger partial charge in [0.25, 0.3) is 10.0 Å². The predicted molar refractivity (Wildman–Crippen MR) is 112 cm³/mol. The molecule has 0 saturated carbocycles. The molecule has 1 saturated heterocycles. The van der Waals surface area contributed by atoms with Gasteiger partial charge in [0.05, 0.1) is 23.8 Å². The summed E-state index contributed by atoms with van der Waals surface area (Å²) in [5.41, 5.74) is 1.33. The Balaban J connectivity index is 1.73. The van der Waals surface area contributed by atoms with Crippen LogP contribution in [0.25, 0.3) is 0 Å². The summed E-state index contributed by atoms with van der Waals surface area (Å²) < 4.78 is 46.0. The van der Waals surface area contributed by atoms with Gasteiger partial charge >= 0.3 is 0 Å². The summed E-state index contributed by atoms with van der Waals surface area (Å²) in [5, 5.41) is 2.79. The van der Waals surface area contributed by atoms with Crippen LogP contribution in [0.4, 0.5) is 10.1 Å². The molecule has 2 aromatic carbocycles. The number of carbonyl (C=O) groups excluding carboxylic acids is 1. The first-order valence-corrected chi connectivity index (χ1v) is 11.2. The Morgan fingerprint density at radius 2 is 1.73 bits per heavy atom. The van der Waals surface area contributed by atoms with Gasteiger partial charge in [-0.3, -0.25) is 14.0 Å². The number of nitrogens with zero attached hydrogens (tertiary/aromatic N) is 2. The highest BCUT2D eigenvalue weighted by atomic mass is 32.2. The molecule has 9 heteroatoms. The molecule has 3 rings (SSSR count). The van der Waals surface area contributed by atoms with Crippen LogP contribution < -0.4 is 9.62 Å². The molecule has 1 fully saturated rings. The lowest BCUT2D eigenvalue weighted by Crippen LogP contribution is -2.44. The number of ether oxygens (including phenoxy) is 1. The van der Waals surface area contributed by atoms with Crippen molar-refractivity contribution in [3.05, 3.63) is 59.9 Å². The summed E-state index contributed by atoms with van der Waals surface area (Å²) in [7, 11) is -4.05. The molecule has 1 amide bonds. The number of carbonyl (C=O) groups is 1. The van der Waals surface area contributed by atoms with E-state index in [9.17, 15) is 17.6 Å². The van der Waals surface area contributed by atoms with Gasteiger partial charge in [-0.15, -0.1) is 0 Å². The van der Waals surface area contributed by atoms with Crippen LogP contribution in [0, 0.1) is 12.7 Å². The lowest BCUT2D eigenvalue weighted by atomic mass is 10.2. The zero-order valence-corrected chi connectivity index (χ0v) is 17.7. The fraction of sp³-hybridized carbons (Fsp3) is 0.381. The number of halogens is 1. The molecule has 2 aromatic rings. The molecule has 0 aromatic heterocycles. The molecular formula is C21H26FN3O4S. The van der Waals surface area contributed by atoms with E-state index in [-0.39, 0.29) is 11.4 Å². The van der Waals surface area contributed by atoms with Crippen LogP contribution in [0.2, 0.25) is 0 Å². The van der Waals surface area contributed by atoms with Crippen molar-refractivity contribution in [2.45, 2.75) is 11.8 Å². The maximum Gasteiger partial charge on any atom is 0.264 e. The molecule has 7 nitrogen and oxygen atoms in total. The fourth-order valence-electron chi connectivity index (χ4n) is 3.12. The van der Waals surface area contributed by atoms with Crippen LogP contribution >= 0.6 is 0 Å². The molecule has 1 aliphatic rings. The average Bonchev–Trinajstić information content (AvgIpc) is 2.74. The smallest absolute Gasteiger partial charge is 0.264 e. The third-order valence-electron chi connectivity index (χ3n) is 4.86. The lowest BCUT2D eigenvalue weighted by Gasteiger charge is -2.27. The van der Waals surface area contributed by atoms with Crippen molar-refractivity contribution < 1.29 is 22.3 Å². The Labute approximate surface area is 176 Å². The predicted octanol–water partition coefficient (Wildman–Crippen LogP) is 1.78. The van der Waals surface area contributed by atoms with Crippen molar-refractivity contribution in [3.63, 3.8) is 0 Å². The maximum absolute atomic E-state index is 13.3. The minimum Gasteiger partial charge on any atom is -0.379 e. The number of nitrogens with one attached hydrogen (secondary N) is 1. The Bertz CT molecular complexity index is 943. The van der Waals surface area contributed by atoms with E-state index in [0.29, 0.717) is 32.0 Å². The molecular weight excluding hydrogens is 409 g/mol. The number of aryl methyl sites for hydroxylation is 1. The number of sulfonamides is 1. The fourth-order valence-corrected chi connectivity index (χ4v) is 4.55. The summed E-state index contributed by atoms with van der Waals surface area (Å²) in [6, 6.07) is 11.4. The van der Waals surface area contributed by atoms with Gasteiger partial charge in [0.2, 0.25) is 5.91 Å². The SMILES string of the molecule is Cc1ccc(N(CC(=O)NCCN2CCOCC2)S(=O)(=O)c2ccc(F)cc2)cc1. The second-order valence-corrected chi connectivity index (χ2v) is 8.97. The highest BCUT2D eigenvalue weighted by Gasteiger charge is 2.27. The Hall–Kier alpha value is -2.49. The van der Waals surface area contributed by atoms with Gasteiger partial charge in [0, 0.05) is 26.2 Å². The van der Waals surface area contributed by atoms with Gasteiger partial charge in [-0.2, -0.15) is 0 Å². The highest BCUT2D eigenvalue weighted by Crippen LogP contribution is 2.24. The van der Waals surface area contributed by atoms with E-state index < -0.39 is 21.7 Å². The van der Waals surface area contributed by atoms with Gasteiger partial charge in [-0.25, -0.2) is 12.8 Å². The van der Waals surface area contributed by atoms with Crippen molar-refractivity contribution in [1.82, 2.24) is 10.2 Å². The first-order valence-electron chi connectivity index (χ1n) is 9.78. The maximum atomic E-state index is 13.3. The molecule has 30 heavy (non-hydrogen) atoms. The van der Waals surface area contributed by atoms with E-state index in [1.165, 1.54) is 12.1 Å². The first-order chi connectivity index (χ1) is 14.4. The van der Waals surface area contributed by atoms with Crippen molar-refractivity contribution in [2.24, 2.45) is 0 Å². The number of amides is 1. The third kappa shape index (κ3) is 5.78. The zero-order chi connectivity index (χ0) is 21.6. The highest BCUT2D eigenvalue weighted by molar-refractivity contribution is 7.92. The molecule has 0 atom stereocenters. The Kier molecular flexibility index (Phi) is 7.41. The summed E-state index contributed by atoms with van der Waals surface area (Å²) in [4.78, 5) is 14.6. The molecule has 0 bridgehead atoms. The Morgan fingerprint density at radius 1 is 1.10 bits per heavy atom. The van der Waals surface area contributed by atoms with Crippen molar-refractivity contribution in [1.29, 1.82) is 0 Å². The second kappa shape index (κ2) is 10.0. The Morgan fingerprint density at radius 3 is 2.37 bits per heavy atom. The van der Waals surface area contributed by atoms with E-state index >= 15 is 0 Å². The van der Waals surface area contributed by atoms with Crippen LogP contribution in [0.1, 0.15) is 5.56 Å². The van der Waals surface area contributed by atoms with Crippen LogP contribution in [-0.2, 0) is 19.6 Å². The van der Waals surface area contributed by atoms with Crippen molar-refractivity contribution in [3.8, 4) is 0 Å². The van der Waals surface area contributed by atoms with E-state index in [0.717, 1.165) is 35.1 Å². The molecule has 0 spiro atoms. The van der Waals surface area contributed by atoms with Crippen molar-refractivity contribution >= 4 is 21.6 Å². The molecule has 1 heterocycles. The number of hydrogen-bond acceptors (Lipinski definition) is 5. The normalized spacial score (nSPS) is 15.0. The molecule has 0 unspecified atom stereocenters. The van der Waals surface area contributed by atoms with Crippen LogP contribution in [0.5, 0.6) is 0 Å². The van der Waals surface area contributed by atoms with E-state index in [2.05, 4.69) is 10.2 Å². The number of hydrogen-bond donors (Lipinski definition) is 1. The monoisotopic (exact) mass is 435 g/mol. The van der Waals surface area contributed by atoms with E-state index in [1.807, 2.05) is 6.92 Å². The van der Waals surface area contributed by atoms with Crippen LogP contribution in [0.3, 0.4) is 0 Å². The minimum atomic E-state index is -4.05. The van der Waals surface area contributed by atoms with E-state index in [4.69, 9.17) is 4.74 Å². The molecule has 1 N–H and O–H groups in total. The number of morpholine rings is 1. The standard InChI is InChI=1S/C21H26FN3O4S/c1-17-2-6-19(7-3-17)25(30(27,28)20-8-4-18(22)5-9-20)16-21(26)23-10-11-24-12-14-29-15-13-24/h2-9H,10-16H2,1H3,(H,23,26). The van der Waals surface area contributed by atoms with Gasteiger partial charge in [0.15, 0.2) is 0 Å². The molecule has 162 valence electrons. The quantitative estimate of drug-likeness (QED) is 0.684. The number of anilines is 1. The summed E-state index contributed by atoms with van der Waals surface area (Å²) in [6.07, 6.45) is 0. The topological polar surface area (TPSA) is 79.0 Å². The zero-order valence-electron chi connectivity index (χ0n) is 16.9. The van der Waals surface area contributed by atoms with E-state index in [1.54, 1.807) is 24.3 Å². The second-order valence-electron chi connectivity index (χ2n) is 7.11. The van der Waals surface area contributed by atoms with Crippen LogP contribution in [-0.4, -0.2) is 65.2 Å². The van der Waals surface area contributed by atoms with Gasteiger partial charge in [-0.05, 0) is 43.3 Å². The average molecular weight is 436 g/mol. The van der Waals surface area contributed by atoms with Crippen LogP contribution in [0.15, 0.2) is 53.4 Å².